The highest BCUT2D eigenvalue weighted by Crippen LogP contribution is 2.51. The van der Waals surface area contributed by atoms with Crippen molar-refractivity contribution in [3.63, 3.8) is 0 Å². The molecule has 0 radical (unpaired) electrons. The van der Waals surface area contributed by atoms with Gasteiger partial charge in [-0.05, 0) is 75.6 Å². The molecule has 5 rings (SSSR count). The molecule has 2 atom stereocenters. The van der Waals surface area contributed by atoms with E-state index in [0.717, 1.165) is 26.2 Å². The summed E-state index contributed by atoms with van der Waals surface area (Å²) in [6.07, 6.45) is 0.679. The van der Waals surface area contributed by atoms with E-state index in [1.807, 2.05) is 24.3 Å². The fourth-order valence-electron chi connectivity index (χ4n) is 6.00. The lowest BCUT2D eigenvalue weighted by atomic mass is 9.65. The average molecular weight is 545 g/mol. The first-order valence-corrected chi connectivity index (χ1v) is 12.9. The molecule has 3 aromatic carbocycles. The highest BCUT2D eigenvalue weighted by molar-refractivity contribution is 9.10. The Bertz CT molecular complexity index is 1380. The van der Waals surface area contributed by atoms with Crippen molar-refractivity contribution in [3.05, 3.63) is 99.0 Å². The van der Waals surface area contributed by atoms with Gasteiger partial charge in [0.25, 0.3) is 17.7 Å². The van der Waals surface area contributed by atoms with Crippen LogP contribution in [0.1, 0.15) is 71.5 Å². The summed E-state index contributed by atoms with van der Waals surface area (Å²) in [5.41, 5.74) is 3.94. The number of fused-ring (bicyclic) bond motifs is 2. The van der Waals surface area contributed by atoms with Crippen LogP contribution in [-0.2, 0) is 10.2 Å². The van der Waals surface area contributed by atoms with E-state index in [4.69, 9.17) is 0 Å². The van der Waals surface area contributed by atoms with Gasteiger partial charge in [0.05, 0.1) is 11.1 Å². The Morgan fingerprint density at radius 2 is 1.50 bits per heavy atom. The zero-order valence-electron chi connectivity index (χ0n) is 21.1. The second kappa shape index (κ2) is 8.41. The van der Waals surface area contributed by atoms with Gasteiger partial charge in [-0.3, -0.25) is 19.3 Å². The third-order valence-corrected chi connectivity index (χ3v) is 8.18. The monoisotopic (exact) mass is 544 g/mol. The van der Waals surface area contributed by atoms with Crippen molar-refractivity contribution in [2.75, 3.05) is 4.90 Å². The van der Waals surface area contributed by atoms with Gasteiger partial charge >= 0.3 is 0 Å². The molecule has 0 aromatic heterocycles. The predicted molar refractivity (Wildman–Crippen MR) is 144 cm³/mol. The zero-order valence-corrected chi connectivity index (χ0v) is 22.7. The lowest BCUT2D eigenvalue weighted by molar-refractivity contribution is -0.123. The van der Waals surface area contributed by atoms with E-state index in [9.17, 15) is 14.4 Å². The second-order valence-corrected chi connectivity index (χ2v) is 11.6. The molecule has 2 aliphatic heterocycles. The Balaban J connectivity index is 1.59. The molecule has 3 aromatic rings. The number of nitrogens with zero attached hydrogens (tertiary/aromatic N) is 2. The van der Waals surface area contributed by atoms with Crippen molar-refractivity contribution in [3.8, 4) is 0 Å². The lowest BCUT2D eigenvalue weighted by Gasteiger charge is -2.52. The summed E-state index contributed by atoms with van der Waals surface area (Å²) < 4.78 is 1.01. The molecule has 0 aliphatic carbocycles. The molecule has 0 saturated carbocycles. The van der Waals surface area contributed by atoms with Gasteiger partial charge in [0.15, 0.2) is 0 Å². The molecule has 2 aliphatic rings. The van der Waals surface area contributed by atoms with Crippen molar-refractivity contribution in [1.29, 1.82) is 0 Å². The molecule has 0 spiro atoms. The number of imide groups is 1. The van der Waals surface area contributed by atoms with E-state index >= 15 is 0 Å². The van der Waals surface area contributed by atoms with Gasteiger partial charge in [-0.1, -0.05) is 64.8 Å². The zero-order chi connectivity index (χ0) is 26.0. The standard InChI is InChI=1S/C30H29BrN2O3/c1-18-10-15-25-24(16-18)30(5,20-11-13-21(31)14-12-20)17-29(3,4)33(25)26(34)19(2)32-27(35)22-8-6-7-9-23(22)28(32)36/h6-16,19H,17H2,1-5H3. The van der Waals surface area contributed by atoms with Crippen molar-refractivity contribution in [2.24, 2.45) is 0 Å². The number of benzene rings is 3. The molecule has 5 nitrogen and oxygen atoms in total. The van der Waals surface area contributed by atoms with Crippen LogP contribution in [0, 0.1) is 6.92 Å². The first-order valence-electron chi connectivity index (χ1n) is 12.1. The molecule has 0 bridgehead atoms. The Morgan fingerprint density at radius 1 is 0.917 bits per heavy atom. The molecule has 0 saturated heterocycles. The topological polar surface area (TPSA) is 57.7 Å². The van der Waals surface area contributed by atoms with E-state index < -0.39 is 23.4 Å². The Morgan fingerprint density at radius 3 is 2.08 bits per heavy atom. The minimum Gasteiger partial charge on any atom is -0.305 e. The molecular formula is C30H29BrN2O3. The Kier molecular flexibility index (Phi) is 5.71. The molecule has 184 valence electrons. The van der Waals surface area contributed by atoms with Crippen molar-refractivity contribution < 1.29 is 14.4 Å². The van der Waals surface area contributed by atoms with Crippen molar-refractivity contribution in [2.45, 2.75) is 58.0 Å². The first kappa shape index (κ1) is 24.4. The number of carbonyl (C=O) groups is 3. The molecule has 2 heterocycles. The van der Waals surface area contributed by atoms with E-state index in [2.05, 4.69) is 61.8 Å². The van der Waals surface area contributed by atoms with Gasteiger partial charge < -0.3 is 4.90 Å². The van der Waals surface area contributed by atoms with Crippen LogP contribution in [0.25, 0.3) is 0 Å². The van der Waals surface area contributed by atoms with Crippen LogP contribution in [0.5, 0.6) is 0 Å². The number of hydrogen-bond donors (Lipinski definition) is 0. The van der Waals surface area contributed by atoms with Crippen molar-refractivity contribution in [1.82, 2.24) is 4.90 Å². The molecular weight excluding hydrogens is 516 g/mol. The highest BCUT2D eigenvalue weighted by atomic mass is 79.9. The van der Waals surface area contributed by atoms with Crippen LogP contribution in [0.4, 0.5) is 5.69 Å². The van der Waals surface area contributed by atoms with E-state index in [0.29, 0.717) is 17.5 Å². The number of rotatable bonds is 3. The number of amides is 3. The molecule has 36 heavy (non-hydrogen) atoms. The lowest BCUT2D eigenvalue weighted by Crippen LogP contribution is -2.60. The van der Waals surface area contributed by atoms with Gasteiger partial charge in [-0.15, -0.1) is 0 Å². The van der Waals surface area contributed by atoms with Gasteiger partial charge in [0.1, 0.15) is 6.04 Å². The van der Waals surface area contributed by atoms with Gasteiger partial charge in [0.2, 0.25) is 0 Å². The fraction of sp³-hybridized carbons (Fsp3) is 0.300. The van der Waals surface area contributed by atoms with Crippen LogP contribution in [0.2, 0.25) is 0 Å². The number of halogens is 1. The van der Waals surface area contributed by atoms with Crippen molar-refractivity contribution >= 4 is 39.3 Å². The second-order valence-electron chi connectivity index (χ2n) is 10.7. The van der Waals surface area contributed by atoms with E-state index in [1.54, 1.807) is 36.1 Å². The maximum Gasteiger partial charge on any atom is 0.262 e. The third kappa shape index (κ3) is 3.62. The summed E-state index contributed by atoms with van der Waals surface area (Å²) in [6.45, 7) is 10.0. The Hall–Kier alpha value is -3.25. The summed E-state index contributed by atoms with van der Waals surface area (Å²) in [4.78, 5) is 43.3. The summed E-state index contributed by atoms with van der Waals surface area (Å²) in [7, 11) is 0. The smallest absolute Gasteiger partial charge is 0.262 e. The SMILES string of the molecule is Cc1ccc2c(c1)C(C)(c1ccc(Br)cc1)CC(C)(C)N2C(=O)C(C)N1C(=O)c2ccccc2C1=O. The normalized spacial score (nSPS) is 21.3. The summed E-state index contributed by atoms with van der Waals surface area (Å²) in [5.74, 6) is -1.11. The fourth-order valence-corrected chi connectivity index (χ4v) is 6.27. The first-order chi connectivity index (χ1) is 17.0. The maximum atomic E-state index is 14.2. The molecule has 6 heteroatoms. The van der Waals surface area contributed by atoms with E-state index in [-0.39, 0.29) is 11.3 Å². The quantitative estimate of drug-likeness (QED) is 0.365. The van der Waals surface area contributed by atoms with Crippen LogP contribution in [-0.4, -0.2) is 34.2 Å². The summed E-state index contributed by atoms with van der Waals surface area (Å²) >= 11 is 3.54. The summed E-state index contributed by atoms with van der Waals surface area (Å²) in [6, 6.07) is 20.3. The van der Waals surface area contributed by atoms with Crippen LogP contribution < -0.4 is 4.90 Å². The highest BCUT2D eigenvalue weighted by Gasteiger charge is 2.50. The van der Waals surface area contributed by atoms with E-state index in [1.165, 1.54) is 5.56 Å². The third-order valence-electron chi connectivity index (χ3n) is 7.65. The molecule has 2 unspecified atom stereocenters. The number of hydrogen-bond acceptors (Lipinski definition) is 3. The molecule has 3 amide bonds. The number of anilines is 1. The number of carbonyl (C=O) groups excluding carboxylic acids is 3. The molecule has 0 fully saturated rings. The Labute approximate surface area is 220 Å². The minimum absolute atomic E-state index is 0.266. The predicted octanol–water partition coefficient (Wildman–Crippen LogP) is 6.26. The van der Waals surface area contributed by atoms with Crippen LogP contribution in [0.15, 0.2) is 71.2 Å². The van der Waals surface area contributed by atoms with Gasteiger partial charge in [-0.25, -0.2) is 0 Å². The minimum atomic E-state index is -0.942. The number of aryl methyl sites for hydroxylation is 1. The average Bonchev–Trinajstić information content (AvgIpc) is 3.09. The largest absolute Gasteiger partial charge is 0.305 e. The maximum absolute atomic E-state index is 14.2. The van der Waals surface area contributed by atoms with Crippen LogP contribution >= 0.6 is 15.9 Å². The molecule has 0 N–H and O–H groups in total. The summed E-state index contributed by atoms with van der Waals surface area (Å²) in [5, 5.41) is 0. The van der Waals surface area contributed by atoms with Gasteiger partial charge in [0, 0.05) is 21.1 Å². The van der Waals surface area contributed by atoms with Gasteiger partial charge in [-0.2, -0.15) is 0 Å². The van der Waals surface area contributed by atoms with Crippen LogP contribution in [0.3, 0.4) is 0 Å².